The van der Waals surface area contributed by atoms with Gasteiger partial charge >= 0.3 is 5.95 Å². The lowest BCUT2D eigenvalue weighted by Gasteiger charge is -2.26. The molecule has 2 aromatic rings. The molecule has 0 aliphatic heterocycles. The zero-order chi connectivity index (χ0) is 16.5. The molecule has 4 rings (SSSR count). The Hall–Kier alpha value is -1.81. The first kappa shape index (κ1) is 15.7. The predicted octanol–water partition coefficient (Wildman–Crippen LogP) is 4.08. The third-order valence-corrected chi connectivity index (χ3v) is 5.52. The van der Waals surface area contributed by atoms with Crippen molar-refractivity contribution in [3.05, 3.63) is 35.4 Å². The minimum atomic E-state index is 0.231. The number of aryl methyl sites for hydroxylation is 1. The van der Waals surface area contributed by atoms with Crippen molar-refractivity contribution in [2.75, 3.05) is 14.1 Å². The molecule has 0 saturated heterocycles. The van der Waals surface area contributed by atoms with Crippen molar-refractivity contribution in [3.8, 4) is 17.2 Å². The lowest BCUT2D eigenvalue weighted by molar-refractivity contribution is 0.106. The number of nitrogens with zero attached hydrogens (tertiary/aromatic N) is 2. The highest BCUT2D eigenvalue weighted by Gasteiger charge is 2.28. The number of rotatable bonds is 3. The molecule has 24 heavy (non-hydrogen) atoms. The molecule has 0 amide bonds. The summed E-state index contributed by atoms with van der Waals surface area (Å²) < 4.78 is 11.9. The van der Waals surface area contributed by atoms with Gasteiger partial charge in [-0.1, -0.05) is 35.8 Å². The summed E-state index contributed by atoms with van der Waals surface area (Å²) in [6.07, 6.45) is 8.16. The van der Waals surface area contributed by atoms with Crippen LogP contribution in [0.25, 0.3) is 11.3 Å². The minimum absolute atomic E-state index is 0.231. The maximum absolute atomic E-state index is 6.31. The average molecular weight is 326 g/mol. The summed E-state index contributed by atoms with van der Waals surface area (Å²) in [5, 5.41) is 4.33. The maximum Gasteiger partial charge on any atom is 0.315 e. The van der Waals surface area contributed by atoms with Gasteiger partial charge in [0.1, 0.15) is 11.8 Å². The molecule has 2 atom stereocenters. The molecule has 0 spiro atoms. The highest BCUT2D eigenvalue weighted by atomic mass is 16.6. The Kier molecular flexibility index (Phi) is 4.31. The van der Waals surface area contributed by atoms with Gasteiger partial charge < -0.3 is 14.2 Å². The quantitative estimate of drug-likeness (QED) is 0.797. The van der Waals surface area contributed by atoms with Crippen molar-refractivity contribution in [1.82, 2.24) is 10.1 Å². The zero-order valence-electron chi connectivity index (χ0n) is 14.6. The zero-order valence-corrected chi connectivity index (χ0v) is 14.6. The Balaban J connectivity index is 1.55. The van der Waals surface area contributed by atoms with E-state index in [0.29, 0.717) is 12.0 Å². The van der Waals surface area contributed by atoms with Crippen LogP contribution >= 0.6 is 0 Å². The summed E-state index contributed by atoms with van der Waals surface area (Å²) >= 11 is 0. The molecule has 1 saturated carbocycles. The molecule has 4 heteroatoms. The fourth-order valence-electron chi connectivity index (χ4n) is 4.07. The van der Waals surface area contributed by atoms with E-state index in [0.717, 1.165) is 36.9 Å². The van der Waals surface area contributed by atoms with Gasteiger partial charge in [0, 0.05) is 11.6 Å². The molecule has 1 aromatic carbocycles. The predicted molar refractivity (Wildman–Crippen MR) is 94.3 cm³/mol. The van der Waals surface area contributed by atoms with Gasteiger partial charge in [-0.25, -0.2) is 0 Å². The SMILES string of the molecule is CN(C)C1CCCC[C@@H](Oc2onc3c2CCc2ccccc2-3)C1. The van der Waals surface area contributed by atoms with E-state index in [9.17, 15) is 0 Å². The van der Waals surface area contributed by atoms with E-state index in [1.54, 1.807) is 0 Å². The standard InChI is InChI=1S/C20H26N2O2/c1-22(2)15-8-4-5-9-16(13-15)23-20-18-12-11-14-7-3-6-10-17(14)19(18)21-24-20/h3,6-7,10,15-16H,4-5,8-9,11-13H2,1-2H3/t15?,16-/m1/s1. The van der Waals surface area contributed by atoms with E-state index in [1.165, 1.54) is 30.4 Å². The first-order valence-corrected chi connectivity index (χ1v) is 9.12. The van der Waals surface area contributed by atoms with Gasteiger partial charge in [-0.05, 0) is 58.2 Å². The summed E-state index contributed by atoms with van der Waals surface area (Å²) in [6.45, 7) is 0. The van der Waals surface area contributed by atoms with E-state index < -0.39 is 0 Å². The molecule has 0 radical (unpaired) electrons. The van der Waals surface area contributed by atoms with Crippen LogP contribution in [0, 0.1) is 0 Å². The topological polar surface area (TPSA) is 38.5 Å². The monoisotopic (exact) mass is 326 g/mol. The Morgan fingerprint density at radius 1 is 1.12 bits per heavy atom. The molecule has 128 valence electrons. The summed E-state index contributed by atoms with van der Waals surface area (Å²) in [7, 11) is 4.33. The average Bonchev–Trinajstić information content (AvgIpc) is 2.84. The summed E-state index contributed by atoms with van der Waals surface area (Å²) in [5.74, 6) is 0.656. The Morgan fingerprint density at radius 3 is 2.83 bits per heavy atom. The third kappa shape index (κ3) is 2.95. The van der Waals surface area contributed by atoms with Crippen LogP contribution in [0.3, 0.4) is 0 Å². The number of ether oxygens (including phenoxy) is 1. The van der Waals surface area contributed by atoms with Crippen molar-refractivity contribution in [3.63, 3.8) is 0 Å². The molecule has 4 nitrogen and oxygen atoms in total. The molecule has 0 bridgehead atoms. The molecular weight excluding hydrogens is 300 g/mol. The van der Waals surface area contributed by atoms with Crippen molar-refractivity contribution in [2.24, 2.45) is 0 Å². The molecule has 1 heterocycles. The Bertz CT molecular complexity index is 707. The van der Waals surface area contributed by atoms with Crippen LogP contribution in [-0.2, 0) is 12.8 Å². The van der Waals surface area contributed by atoms with Crippen LogP contribution in [0.1, 0.15) is 43.2 Å². The van der Waals surface area contributed by atoms with Gasteiger partial charge in [-0.2, -0.15) is 0 Å². The van der Waals surface area contributed by atoms with E-state index >= 15 is 0 Å². The van der Waals surface area contributed by atoms with Gasteiger partial charge in [0.05, 0.1) is 5.56 Å². The second-order valence-corrected chi connectivity index (χ2v) is 7.33. The molecule has 1 aromatic heterocycles. The van der Waals surface area contributed by atoms with Gasteiger partial charge in [0.2, 0.25) is 0 Å². The largest absolute Gasteiger partial charge is 0.460 e. The second-order valence-electron chi connectivity index (χ2n) is 7.33. The minimum Gasteiger partial charge on any atom is -0.460 e. The fourth-order valence-corrected chi connectivity index (χ4v) is 4.07. The van der Waals surface area contributed by atoms with Gasteiger partial charge in [0.15, 0.2) is 0 Å². The Labute approximate surface area is 143 Å². The van der Waals surface area contributed by atoms with Crippen LogP contribution in [0.5, 0.6) is 5.95 Å². The highest BCUT2D eigenvalue weighted by molar-refractivity contribution is 5.70. The molecule has 2 aliphatic rings. The van der Waals surface area contributed by atoms with Crippen LogP contribution in [0.15, 0.2) is 28.8 Å². The molecule has 1 unspecified atom stereocenters. The normalized spacial score (nSPS) is 23.5. The van der Waals surface area contributed by atoms with Gasteiger partial charge in [-0.3, -0.25) is 0 Å². The highest BCUT2D eigenvalue weighted by Crippen LogP contribution is 2.38. The van der Waals surface area contributed by atoms with Crippen molar-refractivity contribution >= 4 is 0 Å². The first-order chi connectivity index (χ1) is 11.7. The van der Waals surface area contributed by atoms with Gasteiger partial charge in [0.25, 0.3) is 0 Å². The summed E-state index contributed by atoms with van der Waals surface area (Å²) in [4.78, 5) is 2.33. The lowest BCUT2D eigenvalue weighted by atomic mass is 9.90. The number of fused-ring (bicyclic) bond motifs is 3. The van der Waals surface area contributed by atoms with E-state index in [-0.39, 0.29) is 6.10 Å². The number of benzene rings is 1. The Morgan fingerprint density at radius 2 is 1.96 bits per heavy atom. The van der Waals surface area contributed by atoms with E-state index in [4.69, 9.17) is 9.26 Å². The van der Waals surface area contributed by atoms with Crippen LogP contribution < -0.4 is 4.74 Å². The molecule has 2 aliphatic carbocycles. The molecule has 0 N–H and O–H groups in total. The smallest absolute Gasteiger partial charge is 0.315 e. The fraction of sp³-hybridized carbons (Fsp3) is 0.550. The van der Waals surface area contributed by atoms with Gasteiger partial charge in [-0.15, -0.1) is 0 Å². The van der Waals surface area contributed by atoms with Crippen LogP contribution in [0.4, 0.5) is 0 Å². The molecular formula is C20H26N2O2. The summed E-state index contributed by atoms with van der Waals surface area (Å²) in [5.41, 5.74) is 4.68. The van der Waals surface area contributed by atoms with Crippen molar-refractivity contribution in [2.45, 2.75) is 57.1 Å². The number of hydrogen-bond donors (Lipinski definition) is 0. The number of hydrogen-bond acceptors (Lipinski definition) is 4. The van der Waals surface area contributed by atoms with E-state index in [1.807, 2.05) is 0 Å². The summed E-state index contributed by atoms with van der Waals surface area (Å²) in [6, 6.07) is 9.06. The maximum atomic E-state index is 6.31. The third-order valence-electron chi connectivity index (χ3n) is 5.52. The van der Waals surface area contributed by atoms with E-state index in [2.05, 4.69) is 48.4 Å². The lowest BCUT2D eigenvalue weighted by Crippen LogP contribution is -2.32. The second kappa shape index (κ2) is 6.60. The van der Waals surface area contributed by atoms with Crippen LogP contribution in [-0.4, -0.2) is 36.3 Å². The van der Waals surface area contributed by atoms with Crippen molar-refractivity contribution < 1.29 is 9.26 Å². The first-order valence-electron chi connectivity index (χ1n) is 9.12. The van der Waals surface area contributed by atoms with Crippen molar-refractivity contribution in [1.29, 1.82) is 0 Å². The number of aromatic nitrogens is 1. The van der Waals surface area contributed by atoms with Crippen LogP contribution in [0.2, 0.25) is 0 Å². The molecule has 1 fully saturated rings.